The number of aromatic carboxylic acids is 1. The monoisotopic (exact) mass is 299 g/mol. The van der Waals surface area contributed by atoms with Crippen molar-refractivity contribution in [2.24, 2.45) is 0 Å². The normalized spacial score (nSPS) is 10.5. The van der Waals surface area contributed by atoms with Crippen LogP contribution in [0.5, 0.6) is 0 Å². The number of hydrogen-bond acceptors (Lipinski definition) is 3. The first-order valence-electron chi connectivity index (χ1n) is 5.49. The predicted molar refractivity (Wildman–Crippen MR) is 74.2 cm³/mol. The molecule has 0 spiro atoms. The second kappa shape index (κ2) is 5.55. The van der Waals surface area contributed by atoms with Crippen molar-refractivity contribution < 1.29 is 14.3 Å². The molecular weight excluding hydrogens is 289 g/mol. The quantitative estimate of drug-likeness (QED) is 0.888. The molecule has 0 saturated carbocycles. The summed E-state index contributed by atoms with van der Waals surface area (Å²) in [5.41, 5.74) is 1.29. The van der Waals surface area contributed by atoms with E-state index in [9.17, 15) is 4.79 Å². The highest BCUT2D eigenvalue weighted by Gasteiger charge is 2.14. The van der Waals surface area contributed by atoms with Crippen LogP contribution in [0.3, 0.4) is 0 Å². The second-order valence-corrected chi connectivity index (χ2v) is 4.85. The van der Waals surface area contributed by atoms with Gasteiger partial charge in [-0.05, 0) is 31.2 Å². The number of hydrogen-bond donors (Lipinski definition) is 2. The summed E-state index contributed by atoms with van der Waals surface area (Å²) in [4.78, 5) is 10.9. The fourth-order valence-electron chi connectivity index (χ4n) is 1.66. The second-order valence-electron chi connectivity index (χ2n) is 4.01. The molecule has 1 aromatic carbocycles. The molecule has 0 unspecified atom stereocenters. The standard InChI is InChI=1S/C13H11Cl2NO3/c1-7-4-9(19-12(7)13(17)18)6-16-11-3-2-8(14)5-10(11)15/h2-5,16H,6H2,1H3,(H,17,18). The molecule has 2 N–H and O–H groups in total. The molecule has 0 amide bonds. The molecule has 0 bridgehead atoms. The molecule has 2 rings (SSSR count). The molecule has 1 aromatic heterocycles. The van der Waals surface area contributed by atoms with Crippen molar-refractivity contribution in [3.63, 3.8) is 0 Å². The maximum Gasteiger partial charge on any atom is 0.372 e. The number of nitrogens with one attached hydrogen (secondary N) is 1. The van der Waals surface area contributed by atoms with Gasteiger partial charge in [-0.25, -0.2) is 4.79 Å². The first-order valence-corrected chi connectivity index (χ1v) is 6.24. The molecule has 2 aromatic rings. The molecule has 0 fully saturated rings. The first-order chi connectivity index (χ1) is 8.97. The lowest BCUT2D eigenvalue weighted by Gasteiger charge is -2.06. The highest BCUT2D eigenvalue weighted by Crippen LogP contribution is 2.26. The largest absolute Gasteiger partial charge is 0.475 e. The summed E-state index contributed by atoms with van der Waals surface area (Å²) in [5.74, 6) is -0.590. The first kappa shape index (κ1) is 13.8. The van der Waals surface area contributed by atoms with Crippen molar-refractivity contribution in [3.8, 4) is 0 Å². The Kier molecular flexibility index (Phi) is 4.02. The lowest BCUT2D eigenvalue weighted by atomic mass is 10.2. The number of anilines is 1. The fraction of sp³-hybridized carbons (Fsp3) is 0.154. The highest BCUT2D eigenvalue weighted by molar-refractivity contribution is 6.36. The zero-order valence-electron chi connectivity index (χ0n) is 10.0. The number of aryl methyl sites for hydroxylation is 1. The van der Waals surface area contributed by atoms with Gasteiger partial charge >= 0.3 is 5.97 Å². The molecule has 1 heterocycles. The predicted octanol–water partition coefficient (Wildman–Crippen LogP) is 4.21. The Bertz CT molecular complexity index is 622. The SMILES string of the molecule is Cc1cc(CNc2ccc(Cl)cc2Cl)oc1C(=O)O. The van der Waals surface area contributed by atoms with Crippen molar-refractivity contribution in [3.05, 3.63) is 51.4 Å². The number of carboxylic acid groups (broad SMARTS) is 1. The lowest BCUT2D eigenvalue weighted by Crippen LogP contribution is -1.99. The number of furan rings is 1. The van der Waals surface area contributed by atoms with Crippen LogP contribution in [-0.4, -0.2) is 11.1 Å². The van der Waals surface area contributed by atoms with Crippen LogP contribution < -0.4 is 5.32 Å². The maximum atomic E-state index is 10.9. The van der Waals surface area contributed by atoms with E-state index in [1.54, 1.807) is 31.2 Å². The van der Waals surface area contributed by atoms with E-state index >= 15 is 0 Å². The molecule has 0 atom stereocenters. The minimum Gasteiger partial charge on any atom is -0.475 e. The Hall–Kier alpha value is -1.65. The number of benzene rings is 1. The van der Waals surface area contributed by atoms with Gasteiger partial charge in [-0.15, -0.1) is 0 Å². The van der Waals surface area contributed by atoms with Gasteiger partial charge in [0.2, 0.25) is 5.76 Å². The number of halogens is 2. The Labute approximate surface area is 119 Å². The topological polar surface area (TPSA) is 62.5 Å². The Morgan fingerprint density at radius 1 is 1.37 bits per heavy atom. The Balaban J connectivity index is 2.10. The van der Waals surface area contributed by atoms with Crippen LogP contribution >= 0.6 is 23.2 Å². The third kappa shape index (κ3) is 3.22. The molecule has 0 aliphatic rings. The van der Waals surface area contributed by atoms with Crippen molar-refractivity contribution in [1.82, 2.24) is 0 Å². The third-order valence-corrected chi connectivity index (χ3v) is 3.10. The molecule has 6 heteroatoms. The Morgan fingerprint density at radius 2 is 2.11 bits per heavy atom. The van der Waals surface area contributed by atoms with Gasteiger partial charge in [-0.1, -0.05) is 23.2 Å². The van der Waals surface area contributed by atoms with Gasteiger partial charge in [-0.3, -0.25) is 0 Å². The third-order valence-electron chi connectivity index (χ3n) is 2.55. The minimum absolute atomic E-state index is 0.0426. The summed E-state index contributed by atoms with van der Waals surface area (Å²) >= 11 is 11.8. The van der Waals surface area contributed by atoms with Crippen molar-refractivity contribution in [2.75, 3.05) is 5.32 Å². The van der Waals surface area contributed by atoms with Gasteiger partial charge in [-0.2, -0.15) is 0 Å². The van der Waals surface area contributed by atoms with Gasteiger partial charge in [0, 0.05) is 10.6 Å². The Morgan fingerprint density at radius 3 is 2.68 bits per heavy atom. The zero-order valence-corrected chi connectivity index (χ0v) is 11.5. The van der Waals surface area contributed by atoms with E-state index in [0.717, 1.165) is 0 Å². The molecule has 19 heavy (non-hydrogen) atoms. The van der Waals surface area contributed by atoms with Crippen molar-refractivity contribution in [2.45, 2.75) is 13.5 Å². The number of carboxylic acids is 1. The van der Waals surface area contributed by atoms with Crippen molar-refractivity contribution in [1.29, 1.82) is 0 Å². The highest BCUT2D eigenvalue weighted by atomic mass is 35.5. The van der Waals surface area contributed by atoms with Gasteiger partial charge in [0.25, 0.3) is 0 Å². The van der Waals surface area contributed by atoms with Gasteiger partial charge in [0.05, 0.1) is 17.3 Å². The molecule has 0 radical (unpaired) electrons. The van der Waals surface area contributed by atoms with E-state index < -0.39 is 5.97 Å². The van der Waals surface area contributed by atoms with Crippen LogP contribution in [-0.2, 0) is 6.54 Å². The van der Waals surface area contributed by atoms with Crippen LogP contribution in [0.2, 0.25) is 10.0 Å². The van der Waals surface area contributed by atoms with Crippen LogP contribution in [0.15, 0.2) is 28.7 Å². The molecule has 0 aliphatic carbocycles. The van der Waals surface area contributed by atoms with Crippen LogP contribution in [0, 0.1) is 6.92 Å². The molecular formula is C13H11Cl2NO3. The van der Waals surface area contributed by atoms with Crippen LogP contribution in [0.4, 0.5) is 5.69 Å². The summed E-state index contributed by atoms with van der Waals surface area (Å²) in [7, 11) is 0. The average molecular weight is 300 g/mol. The summed E-state index contributed by atoms with van der Waals surface area (Å²) in [6.07, 6.45) is 0. The zero-order chi connectivity index (χ0) is 14.0. The van der Waals surface area contributed by atoms with E-state index in [0.29, 0.717) is 33.6 Å². The number of carbonyl (C=O) groups is 1. The minimum atomic E-state index is -1.08. The van der Waals surface area contributed by atoms with Gasteiger partial charge in [0.15, 0.2) is 0 Å². The fourth-order valence-corrected chi connectivity index (χ4v) is 2.14. The molecule has 100 valence electrons. The maximum absolute atomic E-state index is 10.9. The van der Waals surface area contributed by atoms with Gasteiger partial charge < -0.3 is 14.8 Å². The molecule has 0 aliphatic heterocycles. The van der Waals surface area contributed by atoms with Gasteiger partial charge in [0.1, 0.15) is 5.76 Å². The average Bonchev–Trinajstić information content (AvgIpc) is 2.69. The van der Waals surface area contributed by atoms with Crippen LogP contribution in [0.1, 0.15) is 21.9 Å². The lowest BCUT2D eigenvalue weighted by molar-refractivity contribution is 0.0659. The summed E-state index contributed by atoms with van der Waals surface area (Å²) in [6, 6.07) is 6.77. The summed E-state index contributed by atoms with van der Waals surface area (Å²) < 4.78 is 5.23. The van der Waals surface area contributed by atoms with E-state index in [1.165, 1.54) is 0 Å². The number of rotatable bonds is 4. The van der Waals surface area contributed by atoms with Crippen molar-refractivity contribution >= 4 is 34.9 Å². The van der Waals surface area contributed by atoms with E-state index in [1.807, 2.05) is 0 Å². The molecule has 0 saturated heterocycles. The van der Waals surface area contributed by atoms with E-state index in [2.05, 4.69) is 5.32 Å². The smallest absolute Gasteiger partial charge is 0.372 e. The summed E-state index contributed by atoms with van der Waals surface area (Å²) in [5, 5.41) is 13.0. The molecule has 4 nitrogen and oxygen atoms in total. The van der Waals surface area contributed by atoms with E-state index in [4.69, 9.17) is 32.7 Å². The van der Waals surface area contributed by atoms with E-state index in [-0.39, 0.29) is 5.76 Å². The van der Waals surface area contributed by atoms with Crippen LogP contribution in [0.25, 0.3) is 0 Å². The summed E-state index contributed by atoms with van der Waals surface area (Å²) in [6.45, 7) is 2.03.